The molecule has 2 aromatic rings. The van der Waals surface area contributed by atoms with E-state index in [0.29, 0.717) is 18.6 Å². The lowest BCUT2D eigenvalue weighted by molar-refractivity contribution is -0.157. The first-order valence-electron chi connectivity index (χ1n) is 10.9. The van der Waals surface area contributed by atoms with Crippen molar-refractivity contribution in [1.29, 1.82) is 0 Å². The van der Waals surface area contributed by atoms with Gasteiger partial charge in [0, 0.05) is 18.6 Å². The van der Waals surface area contributed by atoms with Crippen LogP contribution >= 0.6 is 54.2 Å². The maximum Gasteiger partial charge on any atom is 0.310 e. The Morgan fingerprint density at radius 3 is 2.12 bits per heavy atom. The van der Waals surface area contributed by atoms with Gasteiger partial charge in [-0.2, -0.15) is 0 Å². The maximum atomic E-state index is 12.8. The molecule has 184 valence electrons. The highest BCUT2D eigenvalue weighted by molar-refractivity contribution is 8.93. The first kappa shape index (κ1) is 32.0. The standard InChI is InChI=1S/C26H31NO2.BrH.3ClH/c1-3-21-16-25-23(26(28)29-4-2)17-22(21)24(15-19-11-7-5-8-12-19)27(25)18-20-13-9-6-10-14-20;;;;/h3,5-14,22-25H,4,15-18H2,1-2H3;4*1H. The average Bonchev–Trinajstić information content (AvgIpc) is 2.76. The molecule has 3 nitrogen and oxygen atoms in total. The van der Waals surface area contributed by atoms with E-state index in [1.165, 1.54) is 16.7 Å². The van der Waals surface area contributed by atoms with Crippen molar-refractivity contribution in [2.45, 2.75) is 51.7 Å². The summed E-state index contributed by atoms with van der Waals surface area (Å²) in [5, 5.41) is 0. The van der Waals surface area contributed by atoms with Crippen molar-refractivity contribution in [3.8, 4) is 0 Å². The average molecular weight is 580 g/mol. The largest absolute Gasteiger partial charge is 0.466 e. The molecule has 2 aliphatic heterocycles. The summed E-state index contributed by atoms with van der Waals surface area (Å²) < 4.78 is 5.47. The number of ether oxygens (including phenoxy) is 1. The lowest BCUT2D eigenvalue weighted by Gasteiger charge is -2.55. The molecule has 2 heterocycles. The Balaban J connectivity index is 0.00000256. The Morgan fingerprint density at radius 1 is 1.00 bits per heavy atom. The summed E-state index contributed by atoms with van der Waals surface area (Å²) in [5.41, 5.74) is 4.19. The fourth-order valence-corrected chi connectivity index (χ4v) is 5.33. The SMILES string of the molecule is Br.CC=C1CC2C(C(=O)OCC)CC1C(Cc1ccccc1)N2Cc1ccccc1.Cl.Cl.Cl. The van der Waals surface area contributed by atoms with Crippen molar-refractivity contribution in [2.24, 2.45) is 11.8 Å². The highest BCUT2D eigenvalue weighted by Crippen LogP contribution is 2.48. The van der Waals surface area contributed by atoms with E-state index < -0.39 is 0 Å². The highest BCUT2D eigenvalue weighted by atomic mass is 79.9. The number of halogens is 4. The lowest BCUT2D eigenvalue weighted by Crippen LogP contribution is -2.61. The molecule has 1 aliphatic carbocycles. The van der Waals surface area contributed by atoms with Gasteiger partial charge in [0.15, 0.2) is 0 Å². The van der Waals surface area contributed by atoms with E-state index in [4.69, 9.17) is 4.74 Å². The summed E-state index contributed by atoms with van der Waals surface area (Å²) in [6.07, 6.45) is 5.19. The third kappa shape index (κ3) is 7.22. The molecule has 0 amide bonds. The van der Waals surface area contributed by atoms with Crippen LogP contribution in [0.25, 0.3) is 0 Å². The molecule has 5 rings (SSSR count). The van der Waals surface area contributed by atoms with Gasteiger partial charge in [0.25, 0.3) is 0 Å². The predicted molar refractivity (Wildman–Crippen MR) is 148 cm³/mol. The van der Waals surface area contributed by atoms with E-state index in [0.717, 1.165) is 25.8 Å². The van der Waals surface area contributed by atoms with Crippen LogP contribution < -0.4 is 0 Å². The minimum Gasteiger partial charge on any atom is -0.466 e. The number of carbonyl (C=O) groups is 1. The lowest BCUT2D eigenvalue weighted by atomic mass is 9.64. The second-order valence-corrected chi connectivity index (χ2v) is 8.25. The predicted octanol–water partition coefficient (Wildman–Crippen LogP) is 6.86. The molecule has 2 aromatic carbocycles. The van der Waals surface area contributed by atoms with Crippen LogP contribution in [0.3, 0.4) is 0 Å². The molecule has 2 saturated heterocycles. The van der Waals surface area contributed by atoms with Crippen molar-refractivity contribution < 1.29 is 9.53 Å². The third-order valence-electron chi connectivity index (χ3n) is 6.67. The Hall–Kier alpha value is -1.04. The first-order chi connectivity index (χ1) is 14.2. The van der Waals surface area contributed by atoms with E-state index in [9.17, 15) is 4.79 Å². The van der Waals surface area contributed by atoms with E-state index >= 15 is 0 Å². The number of rotatable bonds is 6. The number of carbonyl (C=O) groups excluding carboxylic acids is 1. The number of nitrogens with zero attached hydrogens (tertiary/aromatic N) is 1. The molecule has 0 spiro atoms. The third-order valence-corrected chi connectivity index (χ3v) is 6.67. The molecular weight excluding hydrogens is 545 g/mol. The molecule has 4 unspecified atom stereocenters. The molecule has 3 fully saturated rings. The van der Waals surface area contributed by atoms with Crippen LogP contribution in [0.5, 0.6) is 0 Å². The monoisotopic (exact) mass is 577 g/mol. The highest BCUT2D eigenvalue weighted by Gasteiger charge is 2.51. The smallest absolute Gasteiger partial charge is 0.310 e. The normalized spacial score (nSPS) is 24.5. The van der Waals surface area contributed by atoms with Crippen LogP contribution in [0.4, 0.5) is 0 Å². The minimum atomic E-state index is -0.0283. The number of hydrogen-bond donors (Lipinski definition) is 0. The molecule has 0 N–H and O–H groups in total. The Bertz CT molecular complexity index is 866. The number of esters is 1. The van der Waals surface area contributed by atoms with Crippen molar-refractivity contribution in [3.63, 3.8) is 0 Å². The molecular formula is C26H35BrCl3NO2. The van der Waals surface area contributed by atoms with Crippen LogP contribution in [-0.2, 0) is 22.5 Å². The van der Waals surface area contributed by atoms with Crippen LogP contribution in [0, 0.1) is 11.8 Å². The fraction of sp³-hybridized carbons (Fsp3) is 0.423. The Labute approximate surface area is 227 Å². The summed E-state index contributed by atoms with van der Waals surface area (Å²) in [7, 11) is 0. The summed E-state index contributed by atoms with van der Waals surface area (Å²) in [6.45, 7) is 5.38. The van der Waals surface area contributed by atoms with Gasteiger partial charge >= 0.3 is 5.97 Å². The summed E-state index contributed by atoms with van der Waals surface area (Å²) in [5.74, 6) is 0.358. The molecule has 33 heavy (non-hydrogen) atoms. The number of benzene rings is 2. The zero-order chi connectivity index (χ0) is 20.2. The van der Waals surface area contributed by atoms with Gasteiger partial charge in [-0.1, -0.05) is 72.3 Å². The van der Waals surface area contributed by atoms with Crippen molar-refractivity contribution in [2.75, 3.05) is 6.61 Å². The first-order valence-corrected chi connectivity index (χ1v) is 10.9. The molecule has 0 radical (unpaired) electrons. The van der Waals surface area contributed by atoms with E-state index in [-0.39, 0.29) is 72.1 Å². The molecule has 2 bridgehead atoms. The van der Waals surface area contributed by atoms with Crippen molar-refractivity contribution in [3.05, 3.63) is 83.4 Å². The Morgan fingerprint density at radius 2 is 1.58 bits per heavy atom. The maximum absolute atomic E-state index is 12.8. The van der Waals surface area contributed by atoms with Crippen LogP contribution in [0.1, 0.15) is 37.8 Å². The van der Waals surface area contributed by atoms with E-state index in [2.05, 4.69) is 78.6 Å². The molecule has 3 aliphatic rings. The van der Waals surface area contributed by atoms with Crippen molar-refractivity contribution in [1.82, 2.24) is 4.90 Å². The van der Waals surface area contributed by atoms with Crippen molar-refractivity contribution >= 4 is 60.2 Å². The quantitative estimate of drug-likeness (QED) is 0.277. The minimum absolute atomic E-state index is 0. The van der Waals surface area contributed by atoms with Gasteiger partial charge in [-0.25, -0.2) is 0 Å². The number of fused-ring (bicyclic) bond motifs is 3. The zero-order valence-corrected chi connectivity index (χ0v) is 23.3. The van der Waals surface area contributed by atoms with Crippen LogP contribution in [0.2, 0.25) is 0 Å². The molecule has 4 atom stereocenters. The van der Waals surface area contributed by atoms with Gasteiger partial charge in [-0.3, -0.25) is 9.69 Å². The topological polar surface area (TPSA) is 29.5 Å². The summed E-state index contributed by atoms with van der Waals surface area (Å²) in [4.78, 5) is 15.4. The Kier molecular flexibility index (Phi) is 14.6. The second-order valence-electron chi connectivity index (χ2n) is 8.25. The summed E-state index contributed by atoms with van der Waals surface area (Å²) >= 11 is 0. The van der Waals surface area contributed by atoms with E-state index in [1.54, 1.807) is 0 Å². The number of hydrogen-bond acceptors (Lipinski definition) is 3. The van der Waals surface area contributed by atoms with Crippen LogP contribution in [0.15, 0.2) is 72.3 Å². The van der Waals surface area contributed by atoms with Gasteiger partial charge in [0.1, 0.15) is 0 Å². The van der Waals surface area contributed by atoms with Gasteiger partial charge < -0.3 is 4.74 Å². The van der Waals surface area contributed by atoms with Gasteiger partial charge in [0.05, 0.1) is 12.5 Å². The summed E-state index contributed by atoms with van der Waals surface area (Å²) in [6, 6.07) is 22.0. The number of allylic oxidation sites excluding steroid dienone is 1. The van der Waals surface area contributed by atoms with Gasteiger partial charge in [0.2, 0.25) is 0 Å². The van der Waals surface area contributed by atoms with Crippen LogP contribution in [-0.4, -0.2) is 29.6 Å². The number of piperidine rings is 2. The van der Waals surface area contributed by atoms with Gasteiger partial charge in [-0.05, 0) is 50.2 Å². The van der Waals surface area contributed by atoms with Gasteiger partial charge in [-0.15, -0.1) is 54.2 Å². The molecule has 0 aromatic heterocycles. The molecule has 7 heteroatoms. The zero-order valence-electron chi connectivity index (χ0n) is 19.1. The molecule has 1 saturated carbocycles. The fourth-order valence-electron chi connectivity index (χ4n) is 5.33. The second kappa shape index (κ2) is 15.1. The van der Waals surface area contributed by atoms with E-state index in [1.807, 2.05) is 6.92 Å².